The Morgan fingerprint density at radius 3 is 2.50 bits per heavy atom. The van der Waals surface area contributed by atoms with Gasteiger partial charge in [0.05, 0.1) is 20.3 Å². The smallest absolute Gasteiger partial charge is 0.414 e. The fourth-order valence-electron chi connectivity index (χ4n) is 3.05. The third-order valence-corrected chi connectivity index (χ3v) is 4.58. The summed E-state index contributed by atoms with van der Waals surface area (Å²) in [7, 11) is 1.65. The number of benzene rings is 2. The van der Waals surface area contributed by atoms with E-state index >= 15 is 0 Å². The molecule has 8 nitrogen and oxygen atoms in total. The number of nitrogens with zero attached hydrogens (tertiary/aromatic N) is 3. The molecule has 4 rings (SSSR count). The lowest BCUT2D eigenvalue weighted by molar-refractivity contribution is -0.389. The fraction of sp³-hybridized carbons (Fsp3) is 0.250. The second-order valence-corrected chi connectivity index (χ2v) is 6.46. The van der Waals surface area contributed by atoms with Crippen LogP contribution in [0.4, 0.5) is 5.82 Å². The summed E-state index contributed by atoms with van der Waals surface area (Å²) in [5.41, 5.74) is 3.27. The number of hydrogen-bond acceptors (Lipinski definition) is 6. The van der Waals surface area contributed by atoms with E-state index in [0.29, 0.717) is 19.8 Å². The molecule has 2 heterocycles. The Labute approximate surface area is 161 Å². The zero-order chi connectivity index (χ0) is 19.5. The minimum Gasteiger partial charge on any atom is -0.497 e. The van der Waals surface area contributed by atoms with Crippen molar-refractivity contribution in [3.05, 3.63) is 70.4 Å². The maximum Gasteiger partial charge on any atom is 0.414 e. The molecule has 0 amide bonds. The van der Waals surface area contributed by atoms with Crippen molar-refractivity contribution in [1.29, 1.82) is 0 Å². The molecule has 0 spiro atoms. The number of rotatable bonds is 6. The van der Waals surface area contributed by atoms with Crippen molar-refractivity contribution >= 4 is 5.82 Å². The maximum absolute atomic E-state index is 10.8. The van der Waals surface area contributed by atoms with Gasteiger partial charge in [-0.25, -0.2) is 0 Å². The minimum absolute atomic E-state index is 0.192. The van der Waals surface area contributed by atoms with Crippen molar-refractivity contribution in [2.45, 2.75) is 19.3 Å². The number of fused-ring (bicyclic) bond motifs is 1. The number of ether oxygens (including phenoxy) is 3. The third-order valence-electron chi connectivity index (χ3n) is 4.58. The molecule has 0 radical (unpaired) electrons. The second-order valence-electron chi connectivity index (χ2n) is 6.46. The van der Waals surface area contributed by atoms with Crippen molar-refractivity contribution in [2.75, 3.05) is 13.7 Å². The summed E-state index contributed by atoms with van der Waals surface area (Å²) in [6.45, 7) is 1.22. The molecule has 0 unspecified atom stereocenters. The van der Waals surface area contributed by atoms with Gasteiger partial charge in [0.1, 0.15) is 24.7 Å². The number of hydrogen-bond donors (Lipinski definition) is 0. The lowest BCUT2D eigenvalue weighted by Gasteiger charge is -2.22. The Kier molecular flexibility index (Phi) is 4.94. The first-order valence-corrected chi connectivity index (χ1v) is 8.82. The van der Waals surface area contributed by atoms with Gasteiger partial charge in [0.25, 0.3) is 0 Å². The average Bonchev–Trinajstić information content (AvgIpc) is 3.16. The average molecular weight is 381 g/mol. The van der Waals surface area contributed by atoms with Gasteiger partial charge < -0.3 is 24.3 Å². The maximum atomic E-state index is 10.8. The van der Waals surface area contributed by atoms with Gasteiger partial charge in [-0.15, -0.1) is 0 Å². The highest BCUT2D eigenvalue weighted by atomic mass is 16.6. The zero-order valence-corrected chi connectivity index (χ0v) is 15.3. The first kappa shape index (κ1) is 18.0. The Hall–Kier alpha value is -3.39. The van der Waals surface area contributed by atoms with Gasteiger partial charge in [-0.3, -0.25) is 4.57 Å². The lowest BCUT2D eigenvalue weighted by Crippen LogP contribution is -2.32. The van der Waals surface area contributed by atoms with Crippen molar-refractivity contribution in [3.8, 4) is 22.9 Å². The molecule has 0 saturated carbocycles. The van der Waals surface area contributed by atoms with E-state index in [1.165, 1.54) is 6.20 Å². The van der Waals surface area contributed by atoms with Crippen LogP contribution in [0, 0.1) is 10.1 Å². The highest BCUT2D eigenvalue weighted by Crippen LogP contribution is 2.24. The monoisotopic (exact) mass is 381 g/mol. The standard InChI is InChI=1S/C20H19N3O5/c1-26-17-8-6-16(7-9-17)15-4-2-14(3-5-15)12-27-18-10-22-11-19(23(24)25)21-20(22)28-13-18/h2-9,11,18H,10,12-13H2,1H3/t18-/m0/s1. The van der Waals surface area contributed by atoms with E-state index in [-0.39, 0.29) is 17.9 Å². The summed E-state index contributed by atoms with van der Waals surface area (Å²) in [6.07, 6.45) is 1.18. The Balaban J connectivity index is 1.35. The highest BCUT2D eigenvalue weighted by Gasteiger charge is 2.28. The summed E-state index contributed by atoms with van der Waals surface area (Å²) >= 11 is 0. The molecule has 0 fully saturated rings. The number of nitro groups is 1. The summed E-state index contributed by atoms with van der Waals surface area (Å²) in [6, 6.07) is 16.3. The van der Waals surface area contributed by atoms with Crippen LogP contribution in [0.1, 0.15) is 5.56 Å². The SMILES string of the molecule is COc1ccc(-c2ccc(CO[C@@H]3COc4nc([N+](=O)[O-])cn4C3)cc2)cc1. The van der Waals surface area contributed by atoms with Gasteiger partial charge >= 0.3 is 11.8 Å². The van der Waals surface area contributed by atoms with Crippen molar-refractivity contribution < 1.29 is 19.1 Å². The van der Waals surface area contributed by atoms with Gasteiger partial charge in [0, 0.05) is 4.98 Å². The normalized spacial score (nSPS) is 15.5. The van der Waals surface area contributed by atoms with E-state index in [1.54, 1.807) is 11.7 Å². The van der Waals surface area contributed by atoms with E-state index < -0.39 is 4.92 Å². The number of imidazole rings is 1. The molecule has 8 heteroatoms. The van der Waals surface area contributed by atoms with E-state index in [0.717, 1.165) is 22.4 Å². The van der Waals surface area contributed by atoms with Crippen LogP contribution in [0.15, 0.2) is 54.7 Å². The minimum atomic E-state index is -0.533. The van der Waals surface area contributed by atoms with Crippen LogP contribution in [-0.4, -0.2) is 34.3 Å². The largest absolute Gasteiger partial charge is 0.497 e. The van der Waals surface area contributed by atoms with E-state index in [4.69, 9.17) is 14.2 Å². The van der Waals surface area contributed by atoms with Gasteiger partial charge in [-0.1, -0.05) is 36.4 Å². The fourth-order valence-corrected chi connectivity index (χ4v) is 3.05. The molecule has 0 aliphatic carbocycles. The van der Waals surface area contributed by atoms with E-state index in [9.17, 15) is 10.1 Å². The Morgan fingerprint density at radius 1 is 1.18 bits per heavy atom. The first-order chi connectivity index (χ1) is 13.6. The molecule has 1 atom stereocenters. The molecule has 2 aromatic carbocycles. The Bertz CT molecular complexity index is 967. The van der Waals surface area contributed by atoms with E-state index in [2.05, 4.69) is 17.1 Å². The quantitative estimate of drug-likeness (QED) is 0.480. The molecular weight excluding hydrogens is 362 g/mol. The second kappa shape index (κ2) is 7.69. The van der Waals surface area contributed by atoms with Crippen molar-refractivity contribution in [3.63, 3.8) is 0 Å². The molecule has 1 aromatic heterocycles. The van der Waals surface area contributed by atoms with Crippen LogP contribution in [-0.2, 0) is 17.9 Å². The molecule has 1 aliphatic heterocycles. The van der Waals surface area contributed by atoms with Crippen LogP contribution in [0.2, 0.25) is 0 Å². The van der Waals surface area contributed by atoms with Crippen LogP contribution < -0.4 is 9.47 Å². The van der Waals surface area contributed by atoms with Crippen LogP contribution in [0.25, 0.3) is 11.1 Å². The number of methoxy groups -OCH3 is 1. The number of aromatic nitrogens is 2. The molecule has 0 saturated heterocycles. The summed E-state index contributed by atoms with van der Waals surface area (Å²) in [5.74, 6) is 0.611. The summed E-state index contributed by atoms with van der Waals surface area (Å²) < 4.78 is 18.2. The predicted octanol–water partition coefficient (Wildman–Crippen LogP) is 3.44. The van der Waals surface area contributed by atoms with Crippen molar-refractivity contribution in [1.82, 2.24) is 9.55 Å². The predicted molar refractivity (Wildman–Crippen MR) is 101 cm³/mol. The van der Waals surface area contributed by atoms with E-state index in [1.807, 2.05) is 36.4 Å². The van der Waals surface area contributed by atoms with Gasteiger partial charge in [0.2, 0.25) is 0 Å². The molecule has 144 valence electrons. The Morgan fingerprint density at radius 2 is 1.86 bits per heavy atom. The molecule has 0 bridgehead atoms. The lowest BCUT2D eigenvalue weighted by atomic mass is 10.0. The zero-order valence-electron chi connectivity index (χ0n) is 15.3. The van der Waals surface area contributed by atoms with Gasteiger partial charge in [0.15, 0.2) is 0 Å². The summed E-state index contributed by atoms with van der Waals surface area (Å²) in [5, 5.41) is 10.8. The third kappa shape index (κ3) is 3.81. The molecule has 28 heavy (non-hydrogen) atoms. The molecular formula is C20H19N3O5. The van der Waals surface area contributed by atoms with Gasteiger partial charge in [-0.05, 0) is 33.7 Å². The highest BCUT2D eigenvalue weighted by molar-refractivity contribution is 5.64. The van der Waals surface area contributed by atoms with Gasteiger partial charge in [-0.2, -0.15) is 0 Å². The molecule has 0 N–H and O–H groups in total. The van der Waals surface area contributed by atoms with Crippen molar-refractivity contribution in [2.24, 2.45) is 0 Å². The molecule has 3 aromatic rings. The van der Waals surface area contributed by atoms with Crippen LogP contribution in [0.3, 0.4) is 0 Å². The molecule has 1 aliphatic rings. The summed E-state index contributed by atoms with van der Waals surface area (Å²) in [4.78, 5) is 14.1. The topological polar surface area (TPSA) is 88.7 Å². The van der Waals surface area contributed by atoms with Crippen LogP contribution in [0.5, 0.6) is 11.8 Å². The first-order valence-electron chi connectivity index (χ1n) is 8.82. The van der Waals surface area contributed by atoms with Crippen LogP contribution >= 0.6 is 0 Å².